The number of rotatable bonds is 6. The molecule has 0 saturated carbocycles. The Hall–Kier alpha value is -2.78. The summed E-state index contributed by atoms with van der Waals surface area (Å²) in [5, 5.41) is 0. The van der Waals surface area contributed by atoms with E-state index in [1.165, 1.54) is 0 Å². The summed E-state index contributed by atoms with van der Waals surface area (Å²) in [5.41, 5.74) is 1.79. The molecule has 0 unspecified atom stereocenters. The molecule has 0 N–H and O–H groups in total. The SMILES string of the molecule is Cc1n(CCOC(F)F)c2c([n+]1Cc1ccccn1)C(=O)c1ccccc1C2=O.[Br-]. The molecule has 3 aromatic rings. The van der Waals surface area contributed by atoms with Gasteiger partial charge < -0.3 is 21.7 Å². The lowest BCUT2D eigenvalue weighted by atomic mass is 9.90. The van der Waals surface area contributed by atoms with Gasteiger partial charge in [-0.25, -0.2) is 9.13 Å². The number of alkyl halides is 2. The van der Waals surface area contributed by atoms with Crippen molar-refractivity contribution < 1.29 is 44.7 Å². The van der Waals surface area contributed by atoms with Gasteiger partial charge in [0.15, 0.2) is 0 Å². The molecule has 0 fully saturated rings. The minimum atomic E-state index is -2.90. The Labute approximate surface area is 181 Å². The zero-order valence-electron chi connectivity index (χ0n) is 16.0. The van der Waals surface area contributed by atoms with Gasteiger partial charge in [-0.2, -0.15) is 8.78 Å². The summed E-state index contributed by atoms with van der Waals surface area (Å²) in [6.45, 7) is -1.14. The highest BCUT2D eigenvalue weighted by atomic mass is 79.9. The highest BCUT2D eigenvalue weighted by Gasteiger charge is 2.42. The van der Waals surface area contributed by atoms with Crippen LogP contribution in [0.5, 0.6) is 0 Å². The number of carbonyl (C=O) groups excluding carboxylic acids is 2. The topological polar surface area (TPSA) is 65.1 Å². The highest BCUT2D eigenvalue weighted by Crippen LogP contribution is 2.27. The van der Waals surface area contributed by atoms with Crippen LogP contribution >= 0.6 is 0 Å². The maximum absolute atomic E-state index is 13.3. The number of ether oxygens (including phenoxy) is 1. The number of halogens is 3. The van der Waals surface area contributed by atoms with E-state index in [0.717, 1.165) is 0 Å². The Morgan fingerprint density at radius 3 is 2.37 bits per heavy atom. The van der Waals surface area contributed by atoms with Gasteiger partial charge in [0.1, 0.15) is 13.1 Å². The van der Waals surface area contributed by atoms with Crippen LogP contribution in [0, 0.1) is 6.92 Å². The second-order valence-corrected chi connectivity index (χ2v) is 6.64. The van der Waals surface area contributed by atoms with E-state index in [4.69, 9.17) is 0 Å². The Morgan fingerprint density at radius 2 is 1.73 bits per heavy atom. The van der Waals surface area contributed by atoms with Gasteiger partial charge in [-0.05, 0) is 12.1 Å². The number of imidazole rings is 1. The van der Waals surface area contributed by atoms with E-state index in [0.29, 0.717) is 22.6 Å². The predicted molar refractivity (Wildman–Crippen MR) is 98.0 cm³/mol. The molecule has 0 saturated heterocycles. The largest absolute Gasteiger partial charge is 1.00 e. The first kappa shape index (κ1) is 21.9. The summed E-state index contributed by atoms with van der Waals surface area (Å²) in [4.78, 5) is 30.7. The van der Waals surface area contributed by atoms with E-state index in [1.54, 1.807) is 52.6 Å². The van der Waals surface area contributed by atoms with Crippen LogP contribution in [-0.2, 0) is 17.8 Å². The lowest BCUT2D eigenvalue weighted by Gasteiger charge is -2.13. The molecule has 0 spiro atoms. The van der Waals surface area contributed by atoms with Crippen molar-refractivity contribution in [3.8, 4) is 0 Å². The van der Waals surface area contributed by atoms with E-state index in [-0.39, 0.29) is 59.6 Å². The fourth-order valence-corrected chi connectivity index (χ4v) is 3.67. The first-order valence-electron chi connectivity index (χ1n) is 9.10. The Kier molecular flexibility index (Phi) is 6.52. The molecular weight excluding hydrogens is 460 g/mol. The number of fused-ring (bicyclic) bond motifs is 2. The molecule has 1 aliphatic rings. The molecule has 0 atom stereocenters. The molecule has 0 radical (unpaired) electrons. The fourth-order valence-electron chi connectivity index (χ4n) is 3.67. The van der Waals surface area contributed by atoms with Gasteiger partial charge in [0, 0.05) is 24.2 Å². The monoisotopic (exact) mass is 477 g/mol. The second kappa shape index (κ2) is 8.93. The highest BCUT2D eigenvalue weighted by molar-refractivity contribution is 6.26. The number of aromatic nitrogens is 3. The number of hydrogen-bond acceptors (Lipinski definition) is 4. The molecule has 2 aromatic heterocycles. The van der Waals surface area contributed by atoms with Crippen LogP contribution < -0.4 is 21.5 Å². The van der Waals surface area contributed by atoms with E-state index in [9.17, 15) is 18.4 Å². The Morgan fingerprint density at radius 1 is 1.07 bits per heavy atom. The minimum absolute atomic E-state index is 0. The molecular formula is C21H18BrF2N3O3. The van der Waals surface area contributed by atoms with Crippen LogP contribution in [0.1, 0.15) is 43.6 Å². The first-order chi connectivity index (χ1) is 14.0. The number of benzene rings is 1. The molecule has 6 nitrogen and oxygen atoms in total. The quantitative estimate of drug-likeness (QED) is 0.353. The average Bonchev–Trinajstić information content (AvgIpc) is 2.99. The summed E-state index contributed by atoms with van der Waals surface area (Å²) in [5.74, 6) is 0.00547. The maximum Gasteiger partial charge on any atom is 0.345 e. The van der Waals surface area contributed by atoms with Crippen molar-refractivity contribution in [2.45, 2.75) is 26.6 Å². The molecule has 1 aliphatic carbocycles. The van der Waals surface area contributed by atoms with Crippen LogP contribution in [0.15, 0.2) is 48.7 Å². The van der Waals surface area contributed by atoms with Gasteiger partial charge in [0.2, 0.25) is 23.0 Å². The Bertz CT molecular complexity index is 1100. The molecule has 1 aromatic carbocycles. The van der Waals surface area contributed by atoms with Crippen molar-refractivity contribution in [1.29, 1.82) is 0 Å². The summed E-state index contributed by atoms with van der Waals surface area (Å²) < 4.78 is 32.6. The van der Waals surface area contributed by atoms with Gasteiger partial charge >= 0.3 is 6.61 Å². The third kappa shape index (κ3) is 3.82. The van der Waals surface area contributed by atoms with Crippen molar-refractivity contribution in [2.24, 2.45) is 0 Å². The Balaban J connectivity index is 0.00000256. The lowest BCUT2D eigenvalue weighted by molar-refractivity contribution is -0.696. The van der Waals surface area contributed by atoms with Crippen molar-refractivity contribution in [3.05, 3.63) is 82.7 Å². The van der Waals surface area contributed by atoms with Crippen LogP contribution in [0.3, 0.4) is 0 Å². The lowest BCUT2D eigenvalue weighted by Crippen LogP contribution is -3.00. The van der Waals surface area contributed by atoms with Gasteiger partial charge in [0.05, 0.1) is 12.3 Å². The molecule has 0 aliphatic heterocycles. The van der Waals surface area contributed by atoms with E-state index in [1.807, 2.05) is 12.1 Å². The van der Waals surface area contributed by atoms with Crippen molar-refractivity contribution >= 4 is 11.6 Å². The smallest absolute Gasteiger partial charge is 0.345 e. The van der Waals surface area contributed by atoms with E-state index in [2.05, 4.69) is 9.72 Å². The fraction of sp³-hybridized carbons (Fsp3) is 0.238. The number of carbonyl (C=O) groups is 2. The first-order valence-corrected chi connectivity index (χ1v) is 9.10. The van der Waals surface area contributed by atoms with Gasteiger partial charge in [-0.1, -0.05) is 30.3 Å². The molecule has 9 heteroatoms. The van der Waals surface area contributed by atoms with Crippen LogP contribution in [0.2, 0.25) is 0 Å². The van der Waals surface area contributed by atoms with Gasteiger partial charge in [0.25, 0.3) is 5.82 Å². The zero-order chi connectivity index (χ0) is 20.5. The number of nitrogens with zero attached hydrogens (tertiary/aromatic N) is 3. The molecule has 0 bridgehead atoms. The standard InChI is InChI=1S/C21H18F2N3O3.BrH/c1-13-25(10-11-29-21(22)23)17-18(26(13)12-14-6-4-5-9-24-14)20(28)16-8-3-2-7-15(16)19(17)27;/h2-9,21H,10-12H2,1H3;1H/q+1;/p-1. The molecule has 0 amide bonds. The van der Waals surface area contributed by atoms with Crippen LogP contribution in [0.25, 0.3) is 0 Å². The van der Waals surface area contributed by atoms with Crippen LogP contribution in [-0.4, -0.2) is 34.3 Å². The van der Waals surface area contributed by atoms with E-state index < -0.39 is 6.61 Å². The molecule has 156 valence electrons. The number of pyridine rings is 1. The van der Waals surface area contributed by atoms with E-state index >= 15 is 0 Å². The van der Waals surface area contributed by atoms with Gasteiger partial charge in [-0.15, -0.1) is 0 Å². The predicted octanol–water partition coefficient (Wildman–Crippen LogP) is -0.454. The molecule has 2 heterocycles. The molecule has 30 heavy (non-hydrogen) atoms. The van der Waals surface area contributed by atoms with Crippen LogP contribution in [0.4, 0.5) is 8.78 Å². The number of ketones is 2. The average molecular weight is 478 g/mol. The van der Waals surface area contributed by atoms with Gasteiger partial charge in [-0.3, -0.25) is 14.6 Å². The summed E-state index contributed by atoms with van der Waals surface area (Å²) >= 11 is 0. The van der Waals surface area contributed by atoms with Crippen molar-refractivity contribution in [2.75, 3.05) is 6.61 Å². The third-order valence-corrected chi connectivity index (χ3v) is 5.00. The summed E-state index contributed by atoms with van der Waals surface area (Å²) in [6.07, 6.45) is 1.65. The zero-order valence-corrected chi connectivity index (χ0v) is 17.6. The number of hydrogen-bond donors (Lipinski definition) is 0. The van der Waals surface area contributed by atoms with Crippen molar-refractivity contribution in [1.82, 2.24) is 9.55 Å². The second-order valence-electron chi connectivity index (χ2n) is 6.64. The minimum Gasteiger partial charge on any atom is -1.00 e. The normalized spacial score (nSPS) is 12.5. The third-order valence-electron chi connectivity index (χ3n) is 5.00. The maximum atomic E-state index is 13.3. The summed E-state index contributed by atoms with van der Waals surface area (Å²) in [6, 6.07) is 12.1. The summed E-state index contributed by atoms with van der Waals surface area (Å²) in [7, 11) is 0. The molecule has 4 rings (SSSR count). The van der Waals surface area contributed by atoms with Crippen molar-refractivity contribution in [3.63, 3.8) is 0 Å².